The number of carbonyl (C=O) groups excluding carboxylic acids is 1. The molecule has 0 unspecified atom stereocenters. The van der Waals surface area contributed by atoms with Gasteiger partial charge in [-0.2, -0.15) is 0 Å². The van der Waals surface area contributed by atoms with Crippen LogP contribution in [0.25, 0.3) is 0 Å². The number of Topliss-reactive ketones (excluding diaryl/α,β-unsaturated/α-hetero) is 1. The van der Waals surface area contributed by atoms with E-state index in [1.54, 1.807) is 30.5 Å². The minimum atomic E-state index is -0.402. The van der Waals surface area contributed by atoms with Crippen molar-refractivity contribution in [2.75, 3.05) is 0 Å². The molecule has 1 aromatic heterocycles. The van der Waals surface area contributed by atoms with Crippen LogP contribution in [0.4, 0.5) is 5.69 Å². The Morgan fingerprint density at radius 3 is 2.50 bits per heavy atom. The zero-order valence-corrected chi connectivity index (χ0v) is 12.9. The highest BCUT2D eigenvalue weighted by molar-refractivity contribution is 5.97. The summed E-state index contributed by atoms with van der Waals surface area (Å²) in [4.78, 5) is 27.6. The number of hydrogen-bond acceptors (Lipinski definition) is 4. The minimum absolute atomic E-state index is 0.0651. The zero-order valence-electron chi connectivity index (χ0n) is 12.9. The van der Waals surface area contributed by atoms with E-state index in [4.69, 9.17) is 0 Å². The molecule has 1 aromatic carbocycles. The Morgan fingerprint density at radius 1 is 1.08 bits per heavy atom. The SMILES string of the molecule is O=C(c1ccccn1)[C@H]1[C@H](c2ccc([N+](=O)[O-])cc2)[C@H]2C=C[C@@H]1C2. The van der Waals surface area contributed by atoms with E-state index in [1.165, 1.54) is 12.1 Å². The Morgan fingerprint density at radius 2 is 1.83 bits per heavy atom. The molecule has 1 saturated carbocycles. The molecular formula is C19H16N2O3. The molecule has 1 fully saturated rings. The molecule has 0 saturated heterocycles. The van der Waals surface area contributed by atoms with Crippen molar-refractivity contribution in [2.45, 2.75) is 12.3 Å². The number of benzene rings is 1. The molecule has 4 rings (SSSR count). The first-order chi connectivity index (χ1) is 11.6. The number of allylic oxidation sites excluding steroid dienone is 2. The van der Waals surface area contributed by atoms with Crippen LogP contribution < -0.4 is 0 Å². The summed E-state index contributed by atoms with van der Waals surface area (Å²) in [6, 6.07) is 12.0. The van der Waals surface area contributed by atoms with Gasteiger partial charge in [0.2, 0.25) is 0 Å². The zero-order chi connectivity index (χ0) is 16.7. The Hall–Kier alpha value is -2.82. The third-order valence-corrected chi connectivity index (χ3v) is 5.17. The van der Waals surface area contributed by atoms with Crippen molar-refractivity contribution in [1.82, 2.24) is 4.98 Å². The largest absolute Gasteiger partial charge is 0.292 e. The van der Waals surface area contributed by atoms with E-state index in [2.05, 4.69) is 17.1 Å². The van der Waals surface area contributed by atoms with Crippen LogP contribution in [0.1, 0.15) is 28.4 Å². The van der Waals surface area contributed by atoms with E-state index in [0.717, 1.165) is 12.0 Å². The monoisotopic (exact) mass is 320 g/mol. The lowest BCUT2D eigenvalue weighted by molar-refractivity contribution is -0.384. The van der Waals surface area contributed by atoms with Crippen molar-refractivity contribution >= 4 is 11.5 Å². The molecule has 2 bridgehead atoms. The topological polar surface area (TPSA) is 73.1 Å². The lowest BCUT2D eigenvalue weighted by atomic mass is 9.75. The van der Waals surface area contributed by atoms with E-state index >= 15 is 0 Å². The van der Waals surface area contributed by atoms with Gasteiger partial charge in [0, 0.05) is 30.2 Å². The minimum Gasteiger partial charge on any atom is -0.292 e. The average molecular weight is 320 g/mol. The Labute approximate surface area is 139 Å². The van der Waals surface area contributed by atoms with Crippen LogP contribution in [0.5, 0.6) is 0 Å². The van der Waals surface area contributed by atoms with E-state index in [0.29, 0.717) is 11.6 Å². The second kappa shape index (κ2) is 5.67. The number of hydrogen-bond donors (Lipinski definition) is 0. The van der Waals surface area contributed by atoms with Crippen molar-refractivity contribution < 1.29 is 9.72 Å². The maximum absolute atomic E-state index is 13.0. The molecule has 1 heterocycles. The summed E-state index contributed by atoms with van der Waals surface area (Å²) < 4.78 is 0. The van der Waals surface area contributed by atoms with Gasteiger partial charge in [-0.05, 0) is 36.0 Å². The van der Waals surface area contributed by atoms with Crippen LogP contribution in [-0.4, -0.2) is 15.7 Å². The highest BCUT2D eigenvalue weighted by atomic mass is 16.6. The number of nitro benzene ring substituents is 1. The molecule has 0 amide bonds. The fourth-order valence-corrected chi connectivity index (χ4v) is 4.13. The molecule has 0 N–H and O–H groups in total. The van der Waals surface area contributed by atoms with Crippen molar-refractivity contribution in [3.05, 3.63) is 82.2 Å². The van der Waals surface area contributed by atoms with Crippen LogP contribution >= 0.6 is 0 Å². The van der Waals surface area contributed by atoms with Crippen molar-refractivity contribution in [1.29, 1.82) is 0 Å². The first-order valence-electron chi connectivity index (χ1n) is 8.03. The summed E-state index contributed by atoms with van der Waals surface area (Å²) in [5.74, 6) is 0.529. The number of rotatable bonds is 4. The van der Waals surface area contributed by atoms with Crippen LogP contribution in [-0.2, 0) is 0 Å². The maximum atomic E-state index is 13.0. The lowest BCUT2D eigenvalue weighted by Gasteiger charge is -2.27. The molecule has 24 heavy (non-hydrogen) atoms. The molecule has 2 aromatic rings. The quantitative estimate of drug-likeness (QED) is 0.372. The van der Waals surface area contributed by atoms with Crippen molar-refractivity contribution in [2.24, 2.45) is 17.8 Å². The molecule has 4 atom stereocenters. The Kier molecular flexibility index (Phi) is 3.49. The first-order valence-corrected chi connectivity index (χ1v) is 8.03. The predicted octanol–water partition coefficient (Wildman–Crippen LogP) is 3.78. The van der Waals surface area contributed by atoms with Gasteiger partial charge in [0.05, 0.1) is 4.92 Å². The average Bonchev–Trinajstić information content (AvgIpc) is 3.23. The van der Waals surface area contributed by atoms with Gasteiger partial charge in [0.15, 0.2) is 5.78 Å². The number of non-ortho nitro benzene ring substituents is 1. The molecule has 2 aliphatic carbocycles. The number of fused-ring (bicyclic) bond motifs is 2. The van der Waals surface area contributed by atoms with Crippen LogP contribution in [0, 0.1) is 27.9 Å². The number of ketones is 1. The molecule has 0 spiro atoms. The normalized spacial score (nSPS) is 27.3. The van der Waals surface area contributed by atoms with Crippen LogP contribution in [0.15, 0.2) is 60.8 Å². The second-order valence-electron chi connectivity index (χ2n) is 6.43. The van der Waals surface area contributed by atoms with Gasteiger partial charge >= 0.3 is 0 Å². The second-order valence-corrected chi connectivity index (χ2v) is 6.43. The first kappa shape index (κ1) is 14.8. The third kappa shape index (κ3) is 2.33. The molecule has 5 nitrogen and oxygen atoms in total. The highest BCUT2D eigenvalue weighted by Crippen LogP contribution is 2.53. The number of nitrogens with zero attached hydrogens (tertiary/aromatic N) is 2. The standard InChI is InChI=1S/C19H16N2O3/c22-19(16-3-1-2-10-20-16)18-14-5-4-13(11-14)17(18)12-6-8-15(9-7-12)21(23)24/h1-10,13-14,17-18H,11H2/t13-,14+,17+,18+/m0/s1. The fourth-order valence-electron chi connectivity index (χ4n) is 4.13. The molecular weight excluding hydrogens is 304 g/mol. The number of carbonyl (C=O) groups is 1. The molecule has 0 aliphatic heterocycles. The van der Waals surface area contributed by atoms with Gasteiger partial charge in [-0.3, -0.25) is 19.9 Å². The number of pyridine rings is 1. The summed E-state index contributed by atoms with van der Waals surface area (Å²) in [6.45, 7) is 0. The summed E-state index contributed by atoms with van der Waals surface area (Å²) in [6.07, 6.45) is 6.92. The van der Waals surface area contributed by atoms with E-state index in [9.17, 15) is 14.9 Å². The summed E-state index contributed by atoms with van der Waals surface area (Å²) in [7, 11) is 0. The van der Waals surface area contributed by atoms with Gasteiger partial charge in [-0.1, -0.05) is 30.4 Å². The predicted molar refractivity (Wildman–Crippen MR) is 88.6 cm³/mol. The van der Waals surface area contributed by atoms with Gasteiger partial charge in [-0.25, -0.2) is 0 Å². The van der Waals surface area contributed by atoms with E-state index in [-0.39, 0.29) is 29.2 Å². The molecule has 2 aliphatic rings. The summed E-state index contributed by atoms with van der Waals surface area (Å²) in [5.41, 5.74) is 1.56. The summed E-state index contributed by atoms with van der Waals surface area (Å²) in [5, 5.41) is 10.9. The number of aromatic nitrogens is 1. The molecule has 0 radical (unpaired) electrons. The van der Waals surface area contributed by atoms with Crippen molar-refractivity contribution in [3.63, 3.8) is 0 Å². The smallest absolute Gasteiger partial charge is 0.269 e. The van der Waals surface area contributed by atoms with Crippen LogP contribution in [0.3, 0.4) is 0 Å². The highest BCUT2D eigenvalue weighted by Gasteiger charge is 2.48. The van der Waals surface area contributed by atoms with Crippen LogP contribution in [0.2, 0.25) is 0 Å². The molecule has 5 heteroatoms. The van der Waals surface area contributed by atoms with Gasteiger partial charge in [0.25, 0.3) is 5.69 Å². The maximum Gasteiger partial charge on any atom is 0.269 e. The Bertz CT molecular complexity index is 814. The van der Waals surface area contributed by atoms with E-state index in [1.807, 2.05) is 6.07 Å². The van der Waals surface area contributed by atoms with Gasteiger partial charge in [-0.15, -0.1) is 0 Å². The van der Waals surface area contributed by atoms with E-state index < -0.39 is 4.92 Å². The third-order valence-electron chi connectivity index (χ3n) is 5.17. The van der Waals surface area contributed by atoms with Gasteiger partial charge in [0.1, 0.15) is 5.69 Å². The molecule has 120 valence electrons. The lowest BCUT2D eigenvalue weighted by Crippen LogP contribution is -2.27. The Balaban J connectivity index is 1.69. The number of nitro groups is 1. The summed E-state index contributed by atoms with van der Waals surface area (Å²) >= 11 is 0. The van der Waals surface area contributed by atoms with Gasteiger partial charge < -0.3 is 0 Å². The van der Waals surface area contributed by atoms with Crippen molar-refractivity contribution in [3.8, 4) is 0 Å². The fraction of sp³-hybridized carbons (Fsp3) is 0.263.